The van der Waals surface area contributed by atoms with Gasteiger partial charge in [-0.1, -0.05) is 78.9 Å². The van der Waals surface area contributed by atoms with E-state index in [1.165, 1.54) is 11.1 Å². The molecule has 1 N–H and O–H groups in total. The van der Waals surface area contributed by atoms with Crippen LogP contribution in [0.4, 0.5) is 5.69 Å². The third-order valence-electron chi connectivity index (χ3n) is 4.62. The molecule has 0 heterocycles. The molecule has 0 spiro atoms. The Morgan fingerprint density at radius 2 is 1.35 bits per heavy atom. The van der Waals surface area contributed by atoms with Crippen molar-refractivity contribution < 1.29 is 4.79 Å². The Morgan fingerprint density at radius 3 is 2.00 bits per heavy atom. The highest BCUT2D eigenvalue weighted by Gasteiger charge is 2.16. The average molecular weight is 343 g/mol. The first-order valence-corrected chi connectivity index (χ1v) is 9.25. The third kappa shape index (κ3) is 5.59. The lowest BCUT2D eigenvalue weighted by Crippen LogP contribution is -2.16. The molecule has 0 bridgehead atoms. The van der Waals surface area contributed by atoms with Crippen LogP contribution in [0.2, 0.25) is 0 Å². The first-order valence-electron chi connectivity index (χ1n) is 9.25. The molecule has 0 saturated carbocycles. The maximum atomic E-state index is 12.5. The van der Waals surface area contributed by atoms with Crippen LogP contribution in [0.25, 0.3) is 0 Å². The number of nitrogens with one attached hydrogen (secondary N) is 1. The number of hydrogen-bond acceptors (Lipinski definition) is 1. The Balaban J connectivity index is 1.61. The fourth-order valence-electron chi connectivity index (χ4n) is 3.27. The molecule has 0 aliphatic rings. The van der Waals surface area contributed by atoms with E-state index in [0.717, 1.165) is 24.9 Å². The highest BCUT2D eigenvalue weighted by molar-refractivity contribution is 5.91. The van der Waals surface area contributed by atoms with Gasteiger partial charge >= 0.3 is 0 Å². The van der Waals surface area contributed by atoms with Crippen molar-refractivity contribution in [1.82, 2.24) is 0 Å². The molecule has 2 heteroatoms. The molecule has 1 atom stereocenters. The number of aryl methyl sites for hydroxylation is 1. The van der Waals surface area contributed by atoms with Gasteiger partial charge in [0.1, 0.15) is 0 Å². The van der Waals surface area contributed by atoms with Crippen LogP contribution in [0.1, 0.15) is 36.3 Å². The number of carbonyl (C=O) groups is 1. The molecule has 0 unspecified atom stereocenters. The molecule has 0 aliphatic carbocycles. The van der Waals surface area contributed by atoms with Gasteiger partial charge in [0.05, 0.1) is 0 Å². The molecule has 3 aromatic rings. The number of hydrogen-bond donors (Lipinski definition) is 1. The van der Waals surface area contributed by atoms with Gasteiger partial charge in [0.25, 0.3) is 0 Å². The van der Waals surface area contributed by atoms with Gasteiger partial charge in [0, 0.05) is 12.1 Å². The molecular formula is C24H25NO. The second-order valence-electron chi connectivity index (χ2n) is 6.60. The van der Waals surface area contributed by atoms with Gasteiger partial charge in [-0.3, -0.25) is 4.79 Å². The smallest absolute Gasteiger partial charge is 0.224 e. The van der Waals surface area contributed by atoms with Crippen LogP contribution in [0.15, 0.2) is 91.0 Å². The minimum absolute atomic E-state index is 0.0739. The quantitative estimate of drug-likeness (QED) is 0.548. The summed E-state index contributed by atoms with van der Waals surface area (Å²) in [5.41, 5.74) is 3.45. The fourth-order valence-corrected chi connectivity index (χ4v) is 3.27. The van der Waals surface area contributed by atoms with E-state index in [0.29, 0.717) is 6.42 Å². The molecule has 0 aromatic heterocycles. The van der Waals surface area contributed by atoms with E-state index in [4.69, 9.17) is 0 Å². The Hall–Kier alpha value is -2.87. The van der Waals surface area contributed by atoms with Crippen molar-refractivity contribution in [2.75, 3.05) is 5.32 Å². The van der Waals surface area contributed by atoms with E-state index < -0.39 is 0 Å². The summed E-state index contributed by atoms with van der Waals surface area (Å²) >= 11 is 0. The second-order valence-corrected chi connectivity index (χ2v) is 6.60. The summed E-state index contributed by atoms with van der Waals surface area (Å²) in [6.45, 7) is 0. The van der Waals surface area contributed by atoms with Crippen LogP contribution in [0.3, 0.4) is 0 Å². The van der Waals surface area contributed by atoms with Crippen molar-refractivity contribution in [2.45, 2.75) is 31.6 Å². The van der Waals surface area contributed by atoms with Gasteiger partial charge in [0.15, 0.2) is 0 Å². The zero-order valence-electron chi connectivity index (χ0n) is 15.0. The summed E-state index contributed by atoms with van der Waals surface area (Å²) in [7, 11) is 0. The molecule has 2 nitrogen and oxygen atoms in total. The van der Waals surface area contributed by atoms with Crippen molar-refractivity contribution >= 4 is 11.6 Å². The van der Waals surface area contributed by atoms with E-state index in [2.05, 4.69) is 53.8 Å². The predicted octanol–water partition coefficient (Wildman–Crippen LogP) is 5.82. The first-order chi connectivity index (χ1) is 12.8. The molecule has 0 radical (unpaired) electrons. The molecular weight excluding hydrogens is 318 g/mol. The monoisotopic (exact) mass is 343 g/mol. The largest absolute Gasteiger partial charge is 0.326 e. The first kappa shape index (κ1) is 17.9. The number of para-hydroxylation sites is 1. The van der Waals surface area contributed by atoms with Crippen molar-refractivity contribution in [3.8, 4) is 0 Å². The van der Waals surface area contributed by atoms with Crippen LogP contribution in [0.5, 0.6) is 0 Å². The Bertz CT molecular complexity index is 784. The van der Waals surface area contributed by atoms with Gasteiger partial charge in [-0.15, -0.1) is 0 Å². The zero-order chi connectivity index (χ0) is 18.0. The predicted molar refractivity (Wildman–Crippen MR) is 108 cm³/mol. The van der Waals surface area contributed by atoms with Gasteiger partial charge < -0.3 is 5.32 Å². The van der Waals surface area contributed by atoms with Crippen molar-refractivity contribution in [3.05, 3.63) is 102 Å². The number of carbonyl (C=O) groups excluding carboxylic acids is 1. The lowest BCUT2D eigenvalue weighted by atomic mass is 9.89. The maximum Gasteiger partial charge on any atom is 0.224 e. The van der Waals surface area contributed by atoms with Crippen LogP contribution >= 0.6 is 0 Å². The van der Waals surface area contributed by atoms with E-state index in [-0.39, 0.29) is 11.8 Å². The summed E-state index contributed by atoms with van der Waals surface area (Å²) in [5.74, 6) is 0.313. The van der Waals surface area contributed by atoms with Crippen LogP contribution < -0.4 is 5.32 Å². The molecule has 3 rings (SSSR count). The highest BCUT2D eigenvalue weighted by atomic mass is 16.1. The normalized spacial score (nSPS) is 11.7. The molecule has 132 valence electrons. The highest BCUT2D eigenvalue weighted by Crippen LogP contribution is 2.26. The molecule has 0 fully saturated rings. The summed E-state index contributed by atoms with van der Waals surface area (Å²) in [4.78, 5) is 12.5. The van der Waals surface area contributed by atoms with Crippen molar-refractivity contribution in [3.63, 3.8) is 0 Å². The average Bonchev–Trinajstić information content (AvgIpc) is 2.69. The minimum atomic E-state index is 0.0739. The molecule has 0 saturated heterocycles. The van der Waals surface area contributed by atoms with Crippen molar-refractivity contribution in [2.24, 2.45) is 0 Å². The van der Waals surface area contributed by atoms with Crippen LogP contribution in [0, 0.1) is 0 Å². The molecule has 1 amide bonds. The molecule has 0 aliphatic heterocycles. The number of benzene rings is 3. The number of amides is 1. The summed E-state index contributed by atoms with van der Waals surface area (Å²) in [6.07, 6.45) is 3.63. The van der Waals surface area contributed by atoms with Gasteiger partial charge in [-0.05, 0) is 48.4 Å². The van der Waals surface area contributed by atoms with Crippen LogP contribution in [-0.2, 0) is 11.2 Å². The summed E-state index contributed by atoms with van der Waals surface area (Å²) in [6, 6.07) is 30.6. The third-order valence-corrected chi connectivity index (χ3v) is 4.62. The fraction of sp³-hybridized carbons (Fsp3) is 0.208. The standard InChI is InChI=1S/C24H25NO/c26-24(25-23-17-8-3-9-18-23)19-22(21-14-6-2-7-15-21)16-10-13-20-11-4-1-5-12-20/h1-9,11-12,14-15,17-18,22H,10,13,16,19H2,(H,25,26)/t22-/m1/s1. The lowest BCUT2D eigenvalue weighted by molar-refractivity contribution is -0.116. The Labute approximate surface area is 155 Å². The van der Waals surface area contributed by atoms with Gasteiger partial charge in [-0.25, -0.2) is 0 Å². The molecule has 3 aromatic carbocycles. The minimum Gasteiger partial charge on any atom is -0.326 e. The summed E-state index contributed by atoms with van der Waals surface area (Å²) < 4.78 is 0. The SMILES string of the molecule is O=C(C[C@@H](CCCc1ccccc1)c1ccccc1)Nc1ccccc1. The molecule has 26 heavy (non-hydrogen) atoms. The van der Waals surface area contributed by atoms with E-state index in [1.807, 2.05) is 42.5 Å². The Kier molecular flexibility index (Phi) is 6.60. The second kappa shape index (κ2) is 9.57. The van der Waals surface area contributed by atoms with Gasteiger partial charge in [-0.2, -0.15) is 0 Å². The Morgan fingerprint density at radius 1 is 0.769 bits per heavy atom. The van der Waals surface area contributed by atoms with Gasteiger partial charge in [0.2, 0.25) is 5.91 Å². The maximum absolute atomic E-state index is 12.5. The lowest BCUT2D eigenvalue weighted by Gasteiger charge is -2.17. The van der Waals surface area contributed by atoms with E-state index in [1.54, 1.807) is 0 Å². The number of anilines is 1. The van der Waals surface area contributed by atoms with Crippen LogP contribution in [-0.4, -0.2) is 5.91 Å². The topological polar surface area (TPSA) is 29.1 Å². The van der Waals surface area contributed by atoms with Crippen molar-refractivity contribution in [1.29, 1.82) is 0 Å². The van der Waals surface area contributed by atoms with E-state index >= 15 is 0 Å². The summed E-state index contributed by atoms with van der Waals surface area (Å²) in [5, 5.41) is 3.01. The number of rotatable bonds is 8. The zero-order valence-corrected chi connectivity index (χ0v) is 15.0. The van der Waals surface area contributed by atoms with E-state index in [9.17, 15) is 4.79 Å².